The van der Waals surface area contributed by atoms with E-state index in [1.54, 1.807) is 11.1 Å². The summed E-state index contributed by atoms with van der Waals surface area (Å²) in [4.78, 5) is 29.0. The van der Waals surface area contributed by atoms with Crippen molar-refractivity contribution in [3.05, 3.63) is 90.3 Å². The number of likely N-dealkylation sites (N-methyl/N-ethyl adjacent to an activating group) is 1. The van der Waals surface area contributed by atoms with Crippen LogP contribution in [-0.4, -0.2) is 95.9 Å². The lowest BCUT2D eigenvalue weighted by Gasteiger charge is -2.27. The second-order valence-corrected chi connectivity index (χ2v) is 11.2. The Morgan fingerprint density at radius 3 is 2.50 bits per heavy atom. The number of carbonyl (C=O) groups is 1. The van der Waals surface area contributed by atoms with E-state index in [2.05, 4.69) is 14.8 Å². The number of para-hydroxylation sites is 2. The maximum Gasteiger partial charge on any atom is 0.411 e. The molecule has 0 aliphatic carbocycles. The van der Waals surface area contributed by atoms with Gasteiger partial charge < -0.3 is 24.0 Å². The van der Waals surface area contributed by atoms with Crippen LogP contribution in [0.3, 0.4) is 0 Å². The zero-order valence-electron chi connectivity index (χ0n) is 25.0. The summed E-state index contributed by atoms with van der Waals surface area (Å²) in [6.45, 7) is 3.66. The molecule has 5 rings (SSSR count). The highest BCUT2D eigenvalue weighted by Gasteiger charge is 2.28. The van der Waals surface area contributed by atoms with Crippen LogP contribution in [0.15, 0.2) is 79.0 Å². The monoisotopic (exact) mass is 608 g/mol. The first-order valence-electron chi connectivity index (χ1n) is 15.1. The van der Waals surface area contributed by atoms with Crippen molar-refractivity contribution in [3.8, 4) is 0 Å². The number of halogens is 3. The summed E-state index contributed by atoms with van der Waals surface area (Å²) in [5.41, 5.74) is 3.33. The Kier molecular flexibility index (Phi) is 10.5. The molecule has 1 fully saturated rings. The lowest BCUT2D eigenvalue weighted by molar-refractivity contribution is -0.174. The van der Waals surface area contributed by atoms with Crippen LogP contribution < -0.4 is 4.90 Å². The van der Waals surface area contributed by atoms with E-state index in [1.165, 1.54) is 0 Å². The highest BCUT2D eigenvalue weighted by atomic mass is 19.4. The molecule has 11 heteroatoms. The predicted octanol–water partition coefficient (Wildman–Crippen LogP) is 5.47. The molecule has 1 unspecified atom stereocenters. The van der Waals surface area contributed by atoms with Gasteiger partial charge in [0.2, 0.25) is 5.95 Å². The van der Waals surface area contributed by atoms with Crippen molar-refractivity contribution >= 4 is 22.9 Å². The summed E-state index contributed by atoms with van der Waals surface area (Å²) in [7, 11) is 1.84. The Hall–Kier alpha value is -3.96. The van der Waals surface area contributed by atoms with Crippen molar-refractivity contribution in [2.75, 3.05) is 64.4 Å². The number of aromatic nitrogens is 3. The van der Waals surface area contributed by atoms with Crippen molar-refractivity contribution in [1.29, 1.82) is 0 Å². The standard InChI is InChI=1S/C33H39F3N6O2/c1-39(31(43)26-10-3-2-4-11-26)24-27(28-12-7-8-16-37-28)15-19-40-17-9-18-41(21-20-40)32-38-29-13-5-6-14-30(29)42(32)22-23-44-25-33(34,35)36/h2-8,10-14,16,27H,9,15,17-25H2,1H3. The van der Waals surface area contributed by atoms with Crippen LogP contribution in [0.25, 0.3) is 11.0 Å². The van der Waals surface area contributed by atoms with Crippen LogP contribution in [0.4, 0.5) is 19.1 Å². The van der Waals surface area contributed by atoms with Crippen LogP contribution >= 0.6 is 0 Å². The number of imidazole rings is 1. The van der Waals surface area contributed by atoms with Gasteiger partial charge in [0, 0.05) is 63.1 Å². The smallest absolute Gasteiger partial charge is 0.370 e. The van der Waals surface area contributed by atoms with Gasteiger partial charge in [-0.1, -0.05) is 36.4 Å². The zero-order valence-corrected chi connectivity index (χ0v) is 25.0. The van der Waals surface area contributed by atoms with Gasteiger partial charge in [-0.05, 0) is 62.3 Å². The molecule has 0 bridgehead atoms. The maximum atomic E-state index is 13.1. The van der Waals surface area contributed by atoms with Gasteiger partial charge in [-0.3, -0.25) is 9.78 Å². The lowest BCUT2D eigenvalue weighted by Crippen LogP contribution is -2.35. The Morgan fingerprint density at radius 2 is 1.73 bits per heavy atom. The first-order chi connectivity index (χ1) is 21.3. The summed E-state index contributed by atoms with van der Waals surface area (Å²) in [6.07, 6.45) is -0.783. The van der Waals surface area contributed by atoms with E-state index < -0.39 is 12.8 Å². The van der Waals surface area contributed by atoms with Gasteiger partial charge in [0.15, 0.2) is 0 Å². The molecule has 1 aliphatic rings. The van der Waals surface area contributed by atoms with E-state index >= 15 is 0 Å². The first kappa shape index (κ1) is 31.5. The summed E-state index contributed by atoms with van der Waals surface area (Å²) >= 11 is 0. The predicted molar refractivity (Wildman–Crippen MR) is 165 cm³/mol. The van der Waals surface area contributed by atoms with Gasteiger partial charge in [-0.2, -0.15) is 13.2 Å². The van der Waals surface area contributed by atoms with E-state index in [4.69, 9.17) is 9.72 Å². The molecule has 234 valence electrons. The maximum absolute atomic E-state index is 13.1. The van der Waals surface area contributed by atoms with Gasteiger partial charge in [-0.15, -0.1) is 0 Å². The van der Waals surface area contributed by atoms with E-state index in [0.717, 1.165) is 68.2 Å². The number of carbonyl (C=O) groups excluding carboxylic acids is 1. The van der Waals surface area contributed by atoms with Crippen molar-refractivity contribution < 1.29 is 22.7 Å². The number of amides is 1. The fraction of sp³-hybridized carbons (Fsp3) is 0.424. The van der Waals surface area contributed by atoms with Crippen LogP contribution in [0.5, 0.6) is 0 Å². The van der Waals surface area contributed by atoms with Crippen molar-refractivity contribution in [2.24, 2.45) is 0 Å². The minimum Gasteiger partial charge on any atom is -0.370 e. The number of fused-ring (bicyclic) bond motifs is 1. The van der Waals surface area contributed by atoms with E-state index in [1.807, 2.05) is 84.4 Å². The number of ether oxygens (including phenoxy) is 1. The molecule has 1 saturated heterocycles. The third-order valence-corrected chi connectivity index (χ3v) is 7.99. The molecule has 8 nitrogen and oxygen atoms in total. The van der Waals surface area contributed by atoms with Crippen LogP contribution in [0.2, 0.25) is 0 Å². The van der Waals surface area contributed by atoms with Gasteiger partial charge >= 0.3 is 6.18 Å². The molecule has 44 heavy (non-hydrogen) atoms. The Bertz CT molecular complexity index is 1480. The third-order valence-electron chi connectivity index (χ3n) is 7.99. The summed E-state index contributed by atoms with van der Waals surface area (Å²) in [6, 6.07) is 22.9. The summed E-state index contributed by atoms with van der Waals surface area (Å²) < 4.78 is 44.8. The quantitative estimate of drug-likeness (QED) is 0.199. The number of benzene rings is 2. The summed E-state index contributed by atoms with van der Waals surface area (Å²) in [5.74, 6) is 0.828. The largest absolute Gasteiger partial charge is 0.411 e. The number of alkyl halides is 3. The number of pyridine rings is 1. The fourth-order valence-electron chi connectivity index (χ4n) is 5.77. The highest BCUT2D eigenvalue weighted by molar-refractivity contribution is 5.94. The number of hydrogen-bond acceptors (Lipinski definition) is 6. The van der Waals surface area contributed by atoms with Crippen molar-refractivity contribution in [1.82, 2.24) is 24.3 Å². The molecular weight excluding hydrogens is 569 g/mol. The second-order valence-electron chi connectivity index (χ2n) is 11.2. The third kappa shape index (κ3) is 8.35. The SMILES string of the molecule is CN(CC(CCN1CCCN(c2nc3ccccc3n2CCOCC(F)(F)F)CC1)c1ccccn1)C(=O)c1ccccc1. The van der Waals surface area contributed by atoms with E-state index in [0.29, 0.717) is 12.1 Å². The average Bonchev–Trinajstić information content (AvgIpc) is 3.23. The van der Waals surface area contributed by atoms with Crippen LogP contribution in [-0.2, 0) is 11.3 Å². The minimum atomic E-state index is -4.35. The van der Waals surface area contributed by atoms with E-state index in [9.17, 15) is 18.0 Å². The average molecular weight is 609 g/mol. The zero-order chi connectivity index (χ0) is 30.9. The highest BCUT2D eigenvalue weighted by Crippen LogP contribution is 2.25. The molecule has 2 aromatic heterocycles. The molecule has 0 saturated carbocycles. The molecule has 0 N–H and O–H groups in total. The Labute approximate surface area is 256 Å². The summed E-state index contributed by atoms with van der Waals surface area (Å²) in [5, 5.41) is 0. The van der Waals surface area contributed by atoms with Crippen LogP contribution in [0.1, 0.15) is 34.8 Å². The Morgan fingerprint density at radius 1 is 0.955 bits per heavy atom. The van der Waals surface area contributed by atoms with Gasteiger partial charge in [-0.25, -0.2) is 4.98 Å². The first-order valence-corrected chi connectivity index (χ1v) is 15.1. The van der Waals surface area contributed by atoms with Gasteiger partial charge in [0.1, 0.15) is 6.61 Å². The fourth-order valence-corrected chi connectivity index (χ4v) is 5.77. The number of rotatable bonds is 12. The van der Waals surface area contributed by atoms with Crippen LogP contribution in [0, 0.1) is 0 Å². The molecule has 1 amide bonds. The molecular formula is C33H39F3N6O2. The second kappa shape index (κ2) is 14.7. The van der Waals surface area contributed by atoms with E-state index in [-0.39, 0.29) is 25.0 Å². The van der Waals surface area contributed by atoms with Gasteiger partial charge in [0.25, 0.3) is 5.91 Å². The molecule has 1 atom stereocenters. The lowest BCUT2D eigenvalue weighted by atomic mass is 9.99. The normalized spacial score (nSPS) is 15.3. The number of nitrogens with zero attached hydrogens (tertiary/aromatic N) is 6. The van der Waals surface area contributed by atoms with Crippen molar-refractivity contribution in [3.63, 3.8) is 0 Å². The number of hydrogen-bond donors (Lipinski definition) is 0. The Balaban J connectivity index is 1.23. The van der Waals surface area contributed by atoms with Crippen molar-refractivity contribution in [2.45, 2.75) is 31.5 Å². The molecule has 1 aliphatic heterocycles. The molecule has 0 spiro atoms. The molecule has 2 aromatic carbocycles. The topological polar surface area (TPSA) is 66.7 Å². The van der Waals surface area contributed by atoms with Gasteiger partial charge in [0.05, 0.1) is 17.6 Å². The molecule has 4 aromatic rings. The minimum absolute atomic E-state index is 0.0105. The number of anilines is 1. The molecule has 3 heterocycles. The molecule has 0 radical (unpaired) electrons.